The zero-order chi connectivity index (χ0) is 21.0. The molecule has 2 unspecified atom stereocenters. The van der Waals surface area contributed by atoms with Crippen molar-refractivity contribution in [3.8, 4) is 22.6 Å². The van der Waals surface area contributed by atoms with Gasteiger partial charge in [0.1, 0.15) is 11.5 Å². The Morgan fingerprint density at radius 3 is 2.70 bits per heavy atom. The van der Waals surface area contributed by atoms with Gasteiger partial charge >= 0.3 is 0 Å². The van der Waals surface area contributed by atoms with Gasteiger partial charge in [0.05, 0.1) is 21.3 Å². The zero-order valence-corrected chi connectivity index (χ0v) is 18.0. The fraction of sp³-hybridized carbons (Fsp3) is 0.364. The van der Waals surface area contributed by atoms with Crippen molar-refractivity contribution in [3.05, 3.63) is 47.4 Å². The Morgan fingerprint density at radius 1 is 1.23 bits per heavy atom. The SMILES string of the molecule is Cc1nc(-c2cc(-c3cc4c(c(S(C)=O)c3)C(=O)N(C(C)C3CC3)C4)ccn2)n[nH]1. The predicted octanol–water partition coefficient (Wildman–Crippen LogP) is 3.33. The lowest BCUT2D eigenvalue weighted by molar-refractivity contribution is 0.0695. The third-order valence-corrected chi connectivity index (χ3v) is 6.97. The molecule has 30 heavy (non-hydrogen) atoms. The number of aromatic nitrogens is 4. The molecule has 1 fully saturated rings. The van der Waals surface area contributed by atoms with Crippen LogP contribution in [0.15, 0.2) is 35.4 Å². The van der Waals surface area contributed by atoms with Crippen molar-refractivity contribution in [3.63, 3.8) is 0 Å². The van der Waals surface area contributed by atoms with Gasteiger partial charge in [-0.3, -0.25) is 19.1 Å². The summed E-state index contributed by atoms with van der Waals surface area (Å²) in [4.78, 5) is 24.4. The average Bonchev–Trinajstić information content (AvgIpc) is 3.42. The van der Waals surface area contributed by atoms with Gasteiger partial charge in [-0.15, -0.1) is 0 Å². The van der Waals surface area contributed by atoms with Crippen LogP contribution >= 0.6 is 0 Å². The molecule has 2 atom stereocenters. The normalized spacial score (nSPS) is 17.8. The molecule has 0 spiro atoms. The number of H-pyrrole nitrogens is 1. The third-order valence-electron chi connectivity index (χ3n) is 6.02. The number of hydrogen-bond donors (Lipinski definition) is 1. The van der Waals surface area contributed by atoms with E-state index in [0.717, 1.165) is 22.5 Å². The molecular formula is C22H23N5O2S. The standard InChI is InChI=1S/C22H23N5O2S/c1-12(14-4-5-14)27-11-17-8-16(10-19(30(3)29)20(17)22(27)28)15-6-7-23-18(9-15)21-24-13(2)25-26-21/h6-10,12,14H,4-5,11H2,1-3H3,(H,24,25,26). The summed E-state index contributed by atoms with van der Waals surface area (Å²) < 4.78 is 12.6. The second kappa shape index (κ2) is 7.12. The number of carbonyl (C=O) groups is 1. The van der Waals surface area contributed by atoms with E-state index in [1.807, 2.05) is 36.1 Å². The zero-order valence-electron chi connectivity index (χ0n) is 17.2. The lowest BCUT2D eigenvalue weighted by Gasteiger charge is -2.24. The van der Waals surface area contributed by atoms with Crippen LogP contribution in [0.25, 0.3) is 22.6 Å². The summed E-state index contributed by atoms with van der Waals surface area (Å²) in [6.07, 6.45) is 5.71. The van der Waals surface area contributed by atoms with Crippen LogP contribution in [0.1, 0.15) is 41.5 Å². The van der Waals surface area contributed by atoms with Crippen LogP contribution in [0.5, 0.6) is 0 Å². The molecule has 2 aliphatic rings. The maximum Gasteiger partial charge on any atom is 0.255 e. The van der Waals surface area contributed by atoms with Gasteiger partial charge in [0.2, 0.25) is 0 Å². The molecule has 1 aliphatic heterocycles. The average molecular weight is 422 g/mol. The molecule has 0 radical (unpaired) electrons. The van der Waals surface area contributed by atoms with Crippen molar-refractivity contribution < 1.29 is 9.00 Å². The van der Waals surface area contributed by atoms with Crippen molar-refractivity contribution in [1.29, 1.82) is 0 Å². The number of nitrogens with one attached hydrogen (secondary N) is 1. The highest BCUT2D eigenvalue weighted by atomic mass is 32.2. The van der Waals surface area contributed by atoms with Crippen molar-refractivity contribution in [2.45, 2.75) is 44.2 Å². The number of amides is 1. The predicted molar refractivity (Wildman–Crippen MR) is 114 cm³/mol. The van der Waals surface area contributed by atoms with Crippen LogP contribution < -0.4 is 0 Å². The summed E-state index contributed by atoms with van der Waals surface area (Å²) in [5.74, 6) is 1.86. The molecule has 1 amide bonds. The first kappa shape index (κ1) is 19.1. The molecular weight excluding hydrogens is 398 g/mol. The van der Waals surface area contributed by atoms with Gasteiger partial charge in [-0.25, -0.2) is 4.98 Å². The minimum atomic E-state index is -1.27. The minimum absolute atomic E-state index is 0.00719. The highest BCUT2D eigenvalue weighted by molar-refractivity contribution is 7.84. The van der Waals surface area contributed by atoms with Gasteiger partial charge in [0.15, 0.2) is 5.82 Å². The maximum atomic E-state index is 13.1. The topological polar surface area (TPSA) is 91.8 Å². The maximum absolute atomic E-state index is 13.1. The first-order chi connectivity index (χ1) is 14.4. The van der Waals surface area contributed by atoms with Crippen LogP contribution in [-0.2, 0) is 17.3 Å². The molecule has 0 saturated heterocycles. The van der Waals surface area contributed by atoms with E-state index in [-0.39, 0.29) is 11.9 Å². The Labute approximate surface area is 177 Å². The van der Waals surface area contributed by atoms with Crippen molar-refractivity contribution in [2.24, 2.45) is 5.92 Å². The van der Waals surface area contributed by atoms with Crippen molar-refractivity contribution >= 4 is 16.7 Å². The van der Waals surface area contributed by atoms with Gasteiger partial charge in [0.25, 0.3) is 5.91 Å². The summed E-state index contributed by atoms with van der Waals surface area (Å²) in [7, 11) is -1.27. The van der Waals surface area contributed by atoms with E-state index in [2.05, 4.69) is 27.1 Å². The number of hydrogen-bond acceptors (Lipinski definition) is 5. The monoisotopic (exact) mass is 421 g/mol. The number of aryl methyl sites for hydroxylation is 1. The number of rotatable bonds is 5. The van der Waals surface area contributed by atoms with E-state index >= 15 is 0 Å². The number of carbonyl (C=O) groups excluding carboxylic acids is 1. The molecule has 3 heterocycles. The number of nitrogens with zero attached hydrogens (tertiary/aromatic N) is 4. The van der Waals surface area contributed by atoms with E-state index < -0.39 is 10.8 Å². The van der Waals surface area contributed by atoms with Crippen LogP contribution in [0.4, 0.5) is 0 Å². The minimum Gasteiger partial charge on any atom is -0.331 e. The van der Waals surface area contributed by atoms with E-state index in [9.17, 15) is 9.00 Å². The number of benzene rings is 1. The van der Waals surface area contributed by atoms with Crippen LogP contribution in [0.3, 0.4) is 0 Å². The molecule has 0 bridgehead atoms. The molecule has 1 aliphatic carbocycles. The Balaban J connectivity index is 1.57. The summed E-state index contributed by atoms with van der Waals surface area (Å²) in [6, 6.07) is 7.97. The number of pyridine rings is 1. The van der Waals surface area contributed by atoms with Crippen LogP contribution in [0.2, 0.25) is 0 Å². The van der Waals surface area contributed by atoms with Gasteiger partial charge in [-0.1, -0.05) is 0 Å². The molecule has 3 aromatic rings. The Bertz CT molecular complexity index is 1180. The van der Waals surface area contributed by atoms with Gasteiger partial charge in [-0.05, 0) is 73.6 Å². The largest absolute Gasteiger partial charge is 0.331 e. The number of aromatic amines is 1. The van der Waals surface area contributed by atoms with Gasteiger partial charge in [0, 0.05) is 25.0 Å². The Morgan fingerprint density at radius 2 is 2.03 bits per heavy atom. The molecule has 8 heteroatoms. The molecule has 1 saturated carbocycles. The highest BCUT2D eigenvalue weighted by Crippen LogP contribution is 2.40. The third kappa shape index (κ3) is 3.25. The highest BCUT2D eigenvalue weighted by Gasteiger charge is 2.40. The second-order valence-electron chi connectivity index (χ2n) is 8.15. The van der Waals surface area contributed by atoms with E-state index in [1.165, 1.54) is 12.8 Å². The lowest BCUT2D eigenvalue weighted by Crippen LogP contribution is -2.34. The quantitative estimate of drug-likeness (QED) is 0.682. The summed E-state index contributed by atoms with van der Waals surface area (Å²) in [5, 5.41) is 7.02. The Kier molecular flexibility index (Phi) is 4.54. The van der Waals surface area contributed by atoms with Gasteiger partial charge in [-0.2, -0.15) is 5.10 Å². The number of fused-ring (bicyclic) bond motifs is 1. The fourth-order valence-corrected chi connectivity index (χ4v) is 4.98. The first-order valence-electron chi connectivity index (χ1n) is 10.1. The van der Waals surface area contributed by atoms with E-state index in [4.69, 9.17) is 0 Å². The lowest BCUT2D eigenvalue weighted by atomic mass is 10.0. The first-order valence-corrected chi connectivity index (χ1v) is 11.7. The van der Waals surface area contributed by atoms with Crippen molar-refractivity contribution in [1.82, 2.24) is 25.1 Å². The molecule has 2 aromatic heterocycles. The fourth-order valence-electron chi connectivity index (χ4n) is 4.18. The molecule has 1 aromatic carbocycles. The smallest absolute Gasteiger partial charge is 0.255 e. The second-order valence-corrected chi connectivity index (χ2v) is 9.50. The van der Waals surface area contributed by atoms with Gasteiger partial charge < -0.3 is 4.90 Å². The molecule has 5 rings (SSSR count). The summed E-state index contributed by atoms with van der Waals surface area (Å²) in [6.45, 7) is 4.54. The molecule has 7 nitrogen and oxygen atoms in total. The van der Waals surface area contributed by atoms with Crippen molar-refractivity contribution in [2.75, 3.05) is 6.26 Å². The van der Waals surface area contributed by atoms with E-state index in [1.54, 1.807) is 12.5 Å². The molecule has 1 N–H and O–H groups in total. The molecule has 154 valence electrons. The van der Waals surface area contributed by atoms with Crippen LogP contribution in [0, 0.1) is 12.8 Å². The van der Waals surface area contributed by atoms with E-state index in [0.29, 0.717) is 34.4 Å². The summed E-state index contributed by atoms with van der Waals surface area (Å²) in [5.41, 5.74) is 4.08. The van der Waals surface area contributed by atoms with Crippen LogP contribution in [-0.4, -0.2) is 47.5 Å². The summed E-state index contributed by atoms with van der Waals surface area (Å²) >= 11 is 0. The Hall–Kier alpha value is -2.87.